The van der Waals surface area contributed by atoms with Gasteiger partial charge in [0.15, 0.2) is 5.76 Å². The lowest BCUT2D eigenvalue weighted by atomic mass is 9.83. The van der Waals surface area contributed by atoms with Crippen LogP contribution < -0.4 is 0 Å². The molecule has 7 nitrogen and oxygen atoms in total. The van der Waals surface area contributed by atoms with Gasteiger partial charge in [0.2, 0.25) is 5.78 Å². The molecule has 0 saturated carbocycles. The van der Waals surface area contributed by atoms with Gasteiger partial charge in [-0.1, -0.05) is 63.9 Å². The van der Waals surface area contributed by atoms with Crippen molar-refractivity contribution in [2.75, 3.05) is 7.11 Å². The molecule has 0 radical (unpaired) electrons. The molecule has 8 bridgehead atoms. The molecule has 50 heavy (non-hydrogen) atoms. The molecule has 5 heterocycles. The molecule has 3 aromatic rings. The maximum Gasteiger partial charge on any atom is 0.231 e. The van der Waals surface area contributed by atoms with E-state index in [1.807, 2.05) is 24.3 Å². The largest absolute Gasteiger partial charge is 0.493 e. The number of nitrogens with one attached hydrogen (secondary N) is 2. The normalized spacial score (nSPS) is 18.4. The predicted molar refractivity (Wildman–Crippen MR) is 203 cm³/mol. The molecule has 4 aliphatic rings. The summed E-state index contributed by atoms with van der Waals surface area (Å²) in [5.41, 5.74) is 15.8. The number of rotatable bonds is 9. The number of Topliss-reactive ketones (excluding diaryl/α,β-unsaturated/α-hetero) is 1. The highest BCUT2D eigenvalue weighted by atomic mass is 16.5. The third kappa shape index (κ3) is 5.71. The molecule has 3 atom stereocenters. The Morgan fingerprint density at radius 1 is 0.920 bits per heavy atom. The molecule has 2 N–H and O–H groups in total. The summed E-state index contributed by atoms with van der Waals surface area (Å²) in [4.78, 5) is 32.2. The number of methoxy groups -OCH3 is 1. The molecule has 0 fully saturated rings. The first kappa shape index (κ1) is 33.7. The van der Waals surface area contributed by atoms with Crippen molar-refractivity contribution in [2.24, 2.45) is 0 Å². The highest BCUT2D eigenvalue weighted by Crippen LogP contribution is 2.45. The Balaban J connectivity index is 1.53. The Labute approximate surface area is 295 Å². The molecule has 2 aromatic heterocycles. The van der Waals surface area contributed by atoms with E-state index < -0.39 is 0 Å². The monoisotopic (exact) mass is 668 g/mol. The SMILES string of the molecule is CCCC[C@@H]1c2[nH]c(cc3nc(cc4nc(cc5[nH]c6c(c5C)C=C(OC)C(=O)c26)C(CC)=C4C)C([C@H](C)OCc2ccccc2)=C3C)[C@H]1C. The topological polar surface area (TPSA) is 92.9 Å². The minimum atomic E-state index is -0.198. The second-order valence-corrected chi connectivity index (χ2v) is 14.0. The summed E-state index contributed by atoms with van der Waals surface area (Å²) in [6.45, 7) is 15.7. The molecule has 7 heteroatoms. The van der Waals surface area contributed by atoms with Crippen molar-refractivity contribution in [2.45, 2.75) is 98.7 Å². The molecular weight excluding hydrogens is 620 g/mol. The number of ketones is 1. The van der Waals surface area contributed by atoms with Crippen molar-refractivity contribution < 1.29 is 14.3 Å². The van der Waals surface area contributed by atoms with Gasteiger partial charge in [-0.2, -0.15) is 0 Å². The van der Waals surface area contributed by atoms with E-state index in [0.29, 0.717) is 17.9 Å². The fourth-order valence-corrected chi connectivity index (χ4v) is 8.05. The summed E-state index contributed by atoms with van der Waals surface area (Å²) in [7, 11) is 1.58. The molecule has 7 rings (SSSR count). The third-order valence-corrected chi connectivity index (χ3v) is 11.1. The minimum Gasteiger partial charge on any atom is -0.493 e. The number of fused-ring (bicyclic) bond motifs is 8. The van der Waals surface area contributed by atoms with Gasteiger partial charge in [0.05, 0.1) is 53.7 Å². The predicted octanol–water partition coefficient (Wildman–Crippen LogP) is 10.5. The molecule has 258 valence electrons. The minimum absolute atomic E-state index is 0.101. The lowest BCUT2D eigenvalue weighted by molar-refractivity contribution is 0.0904. The van der Waals surface area contributed by atoms with E-state index in [4.69, 9.17) is 19.4 Å². The van der Waals surface area contributed by atoms with Crippen LogP contribution in [-0.2, 0) is 16.1 Å². The van der Waals surface area contributed by atoms with Crippen LogP contribution in [0.4, 0.5) is 0 Å². The van der Waals surface area contributed by atoms with Crippen LogP contribution in [-0.4, -0.2) is 38.9 Å². The van der Waals surface area contributed by atoms with Crippen LogP contribution in [0.1, 0.15) is 140 Å². The maximum absolute atomic E-state index is 14.2. The number of nitrogens with zero attached hydrogens (tertiary/aromatic N) is 2. The Morgan fingerprint density at radius 2 is 1.66 bits per heavy atom. The van der Waals surface area contributed by atoms with Crippen LogP contribution in [0, 0.1) is 6.92 Å². The van der Waals surface area contributed by atoms with Gasteiger partial charge in [-0.3, -0.25) is 4.79 Å². The van der Waals surface area contributed by atoms with Crippen molar-refractivity contribution in [3.05, 3.63) is 111 Å². The number of hydrogen-bond acceptors (Lipinski definition) is 5. The summed E-state index contributed by atoms with van der Waals surface area (Å²) in [5.74, 6) is 0.546. The number of H-pyrrole nitrogens is 2. The second kappa shape index (κ2) is 13.5. The molecule has 0 saturated heterocycles. The number of aromatic nitrogens is 4. The number of aromatic amines is 2. The summed E-state index contributed by atoms with van der Waals surface area (Å²) >= 11 is 0. The highest BCUT2D eigenvalue weighted by molar-refractivity contribution is 6.19. The number of benzene rings is 1. The van der Waals surface area contributed by atoms with Crippen LogP contribution in [0.5, 0.6) is 0 Å². The van der Waals surface area contributed by atoms with Crippen molar-refractivity contribution >= 4 is 45.2 Å². The number of ether oxygens (including phenoxy) is 2. The van der Waals surface area contributed by atoms with Crippen LogP contribution in [0.25, 0.3) is 39.4 Å². The van der Waals surface area contributed by atoms with Crippen molar-refractivity contribution in [3.63, 3.8) is 0 Å². The first-order valence-electron chi connectivity index (χ1n) is 18.1. The Morgan fingerprint density at radius 3 is 2.38 bits per heavy atom. The standard InChI is InChI=1S/C43H48N4O3/c1-9-11-17-30-24(4)33-19-35-26(6)39(27(7)50-22-28-15-13-12-14-16-28)37(45-35)21-32-23(3)29(10-2)36(44-32)20-34-25(5)31-18-38(49-8)43(48)40(41(30)46-33)42(31)47-34/h12-16,18-21,24,27,30,46-47H,9-11,17,22H2,1-8H3/t24-,27-,30-/m0/s1. The average Bonchev–Trinajstić information content (AvgIpc) is 3.79. The van der Waals surface area contributed by atoms with Gasteiger partial charge < -0.3 is 19.4 Å². The van der Waals surface area contributed by atoms with Gasteiger partial charge in [-0.15, -0.1) is 0 Å². The Kier molecular flexibility index (Phi) is 9.12. The zero-order chi connectivity index (χ0) is 35.3. The number of carbonyl (C=O) groups excluding carboxylic acids is 1. The lowest BCUT2D eigenvalue weighted by Gasteiger charge is -2.20. The van der Waals surface area contributed by atoms with E-state index in [2.05, 4.69) is 88.8 Å². The zero-order valence-corrected chi connectivity index (χ0v) is 30.6. The number of allylic oxidation sites excluding steroid dienone is 4. The number of carbonyl (C=O) groups is 1. The van der Waals surface area contributed by atoms with Gasteiger partial charge in [-0.25, -0.2) is 9.97 Å². The van der Waals surface area contributed by atoms with E-state index in [-0.39, 0.29) is 23.7 Å². The van der Waals surface area contributed by atoms with E-state index >= 15 is 0 Å². The fourth-order valence-electron chi connectivity index (χ4n) is 8.05. The summed E-state index contributed by atoms with van der Waals surface area (Å²) in [6, 6.07) is 16.8. The van der Waals surface area contributed by atoms with Gasteiger partial charge in [0.25, 0.3) is 0 Å². The number of aryl methyl sites for hydroxylation is 1. The second-order valence-electron chi connectivity index (χ2n) is 14.0. The average molecular weight is 669 g/mol. The van der Waals surface area contributed by atoms with Crippen LogP contribution in [0.15, 0.2) is 54.3 Å². The first-order valence-corrected chi connectivity index (χ1v) is 18.1. The molecule has 0 spiro atoms. The molecule has 1 aliphatic carbocycles. The van der Waals surface area contributed by atoms with Crippen molar-refractivity contribution in [3.8, 4) is 0 Å². The Hall–Kier alpha value is -4.75. The Bertz CT molecular complexity index is 2160. The zero-order valence-electron chi connectivity index (χ0n) is 30.6. The molecule has 1 aromatic carbocycles. The van der Waals surface area contributed by atoms with Gasteiger partial charge >= 0.3 is 0 Å². The lowest BCUT2D eigenvalue weighted by Crippen LogP contribution is -2.14. The molecular formula is C43H48N4O3. The smallest absolute Gasteiger partial charge is 0.231 e. The third-order valence-electron chi connectivity index (χ3n) is 11.1. The number of hydrogen-bond donors (Lipinski definition) is 2. The fraction of sp³-hybridized carbons (Fsp3) is 0.372. The van der Waals surface area contributed by atoms with Crippen LogP contribution in [0.3, 0.4) is 0 Å². The van der Waals surface area contributed by atoms with E-state index in [0.717, 1.165) is 104 Å². The highest BCUT2D eigenvalue weighted by Gasteiger charge is 2.36. The summed E-state index contributed by atoms with van der Waals surface area (Å²) in [5, 5.41) is 0. The maximum atomic E-state index is 14.2. The summed E-state index contributed by atoms with van der Waals surface area (Å²) < 4.78 is 12.2. The molecule has 0 amide bonds. The van der Waals surface area contributed by atoms with E-state index in [9.17, 15) is 4.79 Å². The first-order chi connectivity index (χ1) is 24.1. The van der Waals surface area contributed by atoms with E-state index in [1.165, 1.54) is 5.57 Å². The molecule has 0 unspecified atom stereocenters. The van der Waals surface area contributed by atoms with Crippen molar-refractivity contribution in [1.82, 2.24) is 19.9 Å². The van der Waals surface area contributed by atoms with Gasteiger partial charge in [0.1, 0.15) is 0 Å². The summed E-state index contributed by atoms with van der Waals surface area (Å²) in [6.07, 6.45) is 5.64. The van der Waals surface area contributed by atoms with Gasteiger partial charge in [-0.05, 0) is 92.7 Å². The van der Waals surface area contributed by atoms with E-state index in [1.54, 1.807) is 7.11 Å². The van der Waals surface area contributed by atoms with Gasteiger partial charge in [0, 0.05) is 39.9 Å². The van der Waals surface area contributed by atoms with Crippen LogP contribution >= 0.6 is 0 Å². The number of unbranched alkanes of at least 4 members (excludes halogenated alkanes) is 1. The van der Waals surface area contributed by atoms with Crippen LogP contribution in [0.2, 0.25) is 0 Å². The molecule has 3 aliphatic heterocycles. The quantitative estimate of drug-likeness (QED) is 0.237. The van der Waals surface area contributed by atoms with Crippen molar-refractivity contribution in [1.29, 1.82) is 0 Å².